The third-order valence-electron chi connectivity index (χ3n) is 6.30. The Morgan fingerprint density at radius 1 is 0.926 bits per heavy atom. The molecule has 0 aromatic rings. The lowest BCUT2D eigenvalue weighted by molar-refractivity contribution is -0.136. The molecule has 3 N–H and O–H groups in total. The third-order valence-corrected chi connectivity index (χ3v) is 6.30. The van der Waals surface area contributed by atoms with Crippen LogP contribution in [0.4, 0.5) is 0 Å². The van der Waals surface area contributed by atoms with E-state index in [-0.39, 0.29) is 17.9 Å². The van der Waals surface area contributed by atoms with Crippen LogP contribution in [0.5, 0.6) is 0 Å². The average molecular weight is 380 g/mol. The summed E-state index contributed by atoms with van der Waals surface area (Å²) in [5.41, 5.74) is 5.49. The Bertz CT molecular complexity index is 435. The van der Waals surface area contributed by atoms with E-state index in [1.807, 2.05) is 4.90 Å². The predicted molar refractivity (Wildman–Crippen MR) is 110 cm³/mol. The van der Waals surface area contributed by atoms with E-state index in [9.17, 15) is 9.59 Å². The van der Waals surface area contributed by atoms with Gasteiger partial charge in [-0.3, -0.25) is 9.59 Å². The topological polar surface area (TPSA) is 75.4 Å². The van der Waals surface area contributed by atoms with Crippen molar-refractivity contribution in [3.8, 4) is 0 Å². The largest absolute Gasteiger partial charge is 0.356 e. The van der Waals surface area contributed by atoms with Crippen LogP contribution >= 0.6 is 0 Å². The van der Waals surface area contributed by atoms with Crippen LogP contribution < -0.4 is 11.1 Å². The molecule has 1 aliphatic carbocycles. The lowest BCUT2D eigenvalue weighted by Gasteiger charge is -2.35. The molecule has 0 aromatic heterocycles. The molecule has 0 radical (unpaired) electrons. The van der Waals surface area contributed by atoms with Gasteiger partial charge in [0.15, 0.2) is 0 Å². The van der Waals surface area contributed by atoms with Crippen LogP contribution in [-0.4, -0.2) is 42.4 Å². The number of amides is 2. The molecule has 0 bridgehead atoms. The van der Waals surface area contributed by atoms with Crippen LogP contribution in [0.15, 0.2) is 0 Å². The molecule has 2 rings (SSSR count). The molecule has 0 spiro atoms. The van der Waals surface area contributed by atoms with Crippen molar-refractivity contribution in [1.82, 2.24) is 10.2 Å². The van der Waals surface area contributed by atoms with E-state index in [2.05, 4.69) is 5.32 Å². The quantitative estimate of drug-likeness (QED) is 0.537. The van der Waals surface area contributed by atoms with Gasteiger partial charge in [0, 0.05) is 32.0 Å². The van der Waals surface area contributed by atoms with E-state index in [4.69, 9.17) is 5.73 Å². The van der Waals surface area contributed by atoms with Gasteiger partial charge in [-0.1, -0.05) is 38.5 Å². The second-order valence-corrected chi connectivity index (χ2v) is 8.54. The van der Waals surface area contributed by atoms with Gasteiger partial charge in [-0.25, -0.2) is 0 Å². The normalized spacial score (nSPS) is 21.2. The minimum Gasteiger partial charge on any atom is -0.356 e. The highest BCUT2D eigenvalue weighted by Crippen LogP contribution is 2.28. The summed E-state index contributed by atoms with van der Waals surface area (Å²) < 4.78 is 0. The van der Waals surface area contributed by atoms with E-state index in [0.29, 0.717) is 19.4 Å². The molecular weight excluding hydrogens is 338 g/mol. The fourth-order valence-corrected chi connectivity index (χ4v) is 4.66. The zero-order valence-corrected chi connectivity index (χ0v) is 17.2. The SMILES string of the molecule is NCCCCCNC(=O)CC1CCCCN1C(=O)CCCC1CCCCC1. The summed E-state index contributed by atoms with van der Waals surface area (Å²) >= 11 is 0. The molecule has 5 heteroatoms. The predicted octanol–water partition coefficient (Wildman–Crippen LogP) is 3.75. The maximum Gasteiger partial charge on any atom is 0.222 e. The Morgan fingerprint density at radius 2 is 1.70 bits per heavy atom. The van der Waals surface area contributed by atoms with E-state index in [1.165, 1.54) is 38.5 Å². The van der Waals surface area contributed by atoms with E-state index in [1.54, 1.807) is 0 Å². The number of nitrogens with two attached hydrogens (primary N) is 1. The molecule has 5 nitrogen and oxygen atoms in total. The number of nitrogens with zero attached hydrogens (tertiary/aromatic N) is 1. The Morgan fingerprint density at radius 3 is 2.48 bits per heavy atom. The lowest BCUT2D eigenvalue weighted by Crippen LogP contribution is -2.46. The summed E-state index contributed by atoms with van der Waals surface area (Å²) in [4.78, 5) is 27.0. The minimum absolute atomic E-state index is 0.0923. The summed E-state index contributed by atoms with van der Waals surface area (Å²) in [5.74, 6) is 1.20. The van der Waals surface area contributed by atoms with E-state index < -0.39 is 0 Å². The van der Waals surface area contributed by atoms with Crippen LogP contribution in [0.1, 0.15) is 96.3 Å². The standard InChI is InChI=1S/C22H41N3O2/c23-15-6-2-7-16-24-21(26)18-20-13-5-8-17-25(20)22(27)14-9-12-19-10-3-1-4-11-19/h19-20H,1-18,23H2,(H,24,26). The average Bonchev–Trinajstić information content (AvgIpc) is 2.69. The Balaban J connectivity index is 1.67. The highest BCUT2D eigenvalue weighted by atomic mass is 16.2. The number of unbranched alkanes of at least 4 members (excludes halogenated alkanes) is 2. The summed E-state index contributed by atoms with van der Waals surface area (Å²) in [7, 11) is 0. The molecule has 1 unspecified atom stereocenters. The van der Waals surface area contributed by atoms with Gasteiger partial charge < -0.3 is 16.0 Å². The fraction of sp³-hybridized carbons (Fsp3) is 0.909. The van der Waals surface area contributed by atoms with Crippen molar-refractivity contribution in [2.24, 2.45) is 11.7 Å². The first-order valence-corrected chi connectivity index (χ1v) is 11.5. The second kappa shape index (κ2) is 13.1. The van der Waals surface area contributed by atoms with Gasteiger partial charge in [-0.2, -0.15) is 0 Å². The zero-order valence-electron chi connectivity index (χ0n) is 17.2. The van der Waals surface area contributed by atoms with Gasteiger partial charge >= 0.3 is 0 Å². The molecule has 1 heterocycles. The van der Waals surface area contributed by atoms with Gasteiger partial charge in [0.1, 0.15) is 0 Å². The van der Waals surface area contributed by atoms with Crippen molar-refractivity contribution >= 4 is 11.8 Å². The first-order chi connectivity index (χ1) is 13.2. The van der Waals surface area contributed by atoms with E-state index >= 15 is 0 Å². The van der Waals surface area contributed by atoms with Gasteiger partial charge in [0.2, 0.25) is 11.8 Å². The molecule has 1 atom stereocenters. The molecule has 1 aliphatic heterocycles. The summed E-state index contributed by atoms with van der Waals surface area (Å²) in [6.07, 6.45) is 16.4. The van der Waals surface area contributed by atoms with Gasteiger partial charge in [-0.15, -0.1) is 0 Å². The zero-order chi connectivity index (χ0) is 19.3. The number of carbonyl (C=O) groups excluding carboxylic acids is 2. The molecule has 0 aromatic carbocycles. The molecule has 27 heavy (non-hydrogen) atoms. The molecule has 156 valence electrons. The van der Waals surface area contributed by atoms with Crippen LogP contribution in [0.2, 0.25) is 0 Å². The molecular formula is C22H41N3O2. The molecule has 2 amide bonds. The maximum absolute atomic E-state index is 12.7. The molecule has 1 saturated carbocycles. The smallest absolute Gasteiger partial charge is 0.222 e. The van der Waals surface area contributed by atoms with Crippen LogP contribution in [-0.2, 0) is 9.59 Å². The summed E-state index contributed by atoms with van der Waals surface area (Å²) in [6, 6.07) is 0.102. The Kier molecular flexibility index (Phi) is 10.8. The van der Waals surface area contributed by atoms with Crippen LogP contribution in [0, 0.1) is 5.92 Å². The van der Waals surface area contributed by atoms with Crippen LogP contribution in [0.25, 0.3) is 0 Å². The number of nitrogens with one attached hydrogen (secondary N) is 1. The van der Waals surface area contributed by atoms with Crippen LogP contribution in [0.3, 0.4) is 0 Å². The highest BCUT2D eigenvalue weighted by molar-refractivity contribution is 5.80. The van der Waals surface area contributed by atoms with Gasteiger partial charge in [0.05, 0.1) is 0 Å². The first-order valence-electron chi connectivity index (χ1n) is 11.5. The first kappa shape index (κ1) is 22.2. The second-order valence-electron chi connectivity index (χ2n) is 8.54. The summed E-state index contributed by atoms with van der Waals surface area (Å²) in [6.45, 7) is 2.27. The minimum atomic E-state index is 0.0923. The van der Waals surface area contributed by atoms with Crippen molar-refractivity contribution in [3.63, 3.8) is 0 Å². The maximum atomic E-state index is 12.7. The highest BCUT2D eigenvalue weighted by Gasteiger charge is 2.28. The fourth-order valence-electron chi connectivity index (χ4n) is 4.66. The lowest BCUT2D eigenvalue weighted by atomic mass is 9.85. The van der Waals surface area contributed by atoms with Gasteiger partial charge in [0.25, 0.3) is 0 Å². The van der Waals surface area contributed by atoms with Crippen molar-refractivity contribution in [1.29, 1.82) is 0 Å². The molecule has 2 fully saturated rings. The summed E-state index contributed by atoms with van der Waals surface area (Å²) in [5, 5.41) is 3.02. The third kappa shape index (κ3) is 8.63. The molecule has 1 saturated heterocycles. The monoisotopic (exact) mass is 379 g/mol. The van der Waals surface area contributed by atoms with Crippen molar-refractivity contribution in [2.75, 3.05) is 19.6 Å². The number of hydrogen-bond acceptors (Lipinski definition) is 3. The van der Waals surface area contributed by atoms with Crippen molar-refractivity contribution in [3.05, 3.63) is 0 Å². The van der Waals surface area contributed by atoms with Gasteiger partial charge in [-0.05, 0) is 57.4 Å². The number of likely N-dealkylation sites (tertiary alicyclic amines) is 1. The number of rotatable bonds is 11. The van der Waals surface area contributed by atoms with E-state index in [0.717, 1.165) is 64.0 Å². The van der Waals surface area contributed by atoms with Crippen molar-refractivity contribution < 1.29 is 9.59 Å². The Hall–Kier alpha value is -1.10. The Labute approximate surface area is 165 Å². The number of hydrogen-bond donors (Lipinski definition) is 2. The number of carbonyl (C=O) groups is 2. The number of piperidine rings is 1. The molecule has 2 aliphatic rings. The van der Waals surface area contributed by atoms with Crippen molar-refractivity contribution in [2.45, 2.75) is 102 Å².